The fourth-order valence-electron chi connectivity index (χ4n) is 2.77. The molecule has 0 spiro atoms. The highest BCUT2D eigenvalue weighted by Gasteiger charge is 2.36. The molecule has 26 heavy (non-hydrogen) atoms. The van der Waals surface area contributed by atoms with E-state index in [0.717, 1.165) is 12.8 Å². The summed E-state index contributed by atoms with van der Waals surface area (Å²) < 4.78 is 11.1. The zero-order valence-electron chi connectivity index (χ0n) is 16.2. The fraction of sp³-hybridized carbons (Fsp3) is 0.765. The summed E-state index contributed by atoms with van der Waals surface area (Å²) >= 11 is 1.22. The van der Waals surface area contributed by atoms with Gasteiger partial charge in [0, 0.05) is 19.6 Å². The summed E-state index contributed by atoms with van der Waals surface area (Å²) in [6.45, 7) is 11.4. The molecule has 1 aliphatic rings. The Morgan fingerprint density at radius 3 is 2.62 bits per heavy atom. The predicted octanol–water partition coefficient (Wildman–Crippen LogP) is 3.10. The van der Waals surface area contributed by atoms with E-state index in [1.807, 2.05) is 34.6 Å². The zero-order valence-corrected chi connectivity index (χ0v) is 17.0. The van der Waals surface area contributed by atoms with Gasteiger partial charge in [0.1, 0.15) is 11.6 Å². The third kappa shape index (κ3) is 5.36. The lowest BCUT2D eigenvalue weighted by molar-refractivity contribution is -0.127. The molecule has 1 saturated heterocycles. The maximum absolute atomic E-state index is 12.4. The van der Waals surface area contributed by atoms with Crippen molar-refractivity contribution >= 4 is 23.8 Å². The van der Waals surface area contributed by atoms with Crippen molar-refractivity contribution < 1.29 is 18.7 Å². The van der Waals surface area contributed by atoms with Crippen molar-refractivity contribution in [1.82, 2.24) is 20.0 Å². The van der Waals surface area contributed by atoms with Crippen LogP contribution < -0.4 is 0 Å². The molecule has 0 radical (unpaired) electrons. The molecule has 1 aromatic heterocycles. The molecule has 2 heterocycles. The largest absolute Gasteiger partial charge is 0.444 e. The molecular weight excluding hydrogens is 356 g/mol. The first-order valence-corrected chi connectivity index (χ1v) is 9.97. The number of hydrogen-bond donors (Lipinski definition) is 0. The molecule has 8 nitrogen and oxygen atoms in total. The molecule has 1 atom stereocenters. The van der Waals surface area contributed by atoms with Crippen LogP contribution in [-0.2, 0) is 9.53 Å². The highest BCUT2D eigenvalue weighted by molar-refractivity contribution is 7.99. The van der Waals surface area contributed by atoms with E-state index in [1.54, 1.807) is 9.80 Å². The van der Waals surface area contributed by atoms with Gasteiger partial charge >= 0.3 is 6.09 Å². The Kier molecular flexibility index (Phi) is 6.91. The maximum atomic E-state index is 12.4. The summed E-state index contributed by atoms with van der Waals surface area (Å²) in [5.74, 6) is 0.686. The van der Waals surface area contributed by atoms with Gasteiger partial charge in [-0.1, -0.05) is 11.8 Å². The van der Waals surface area contributed by atoms with Gasteiger partial charge in [0.15, 0.2) is 0 Å². The van der Waals surface area contributed by atoms with E-state index < -0.39 is 5.60 Å². The number of likely N-dealkylation sites (tertiary alicyclic amines) is 1. The summed E-state index contributed by atoms with van der Waals surface area (Å²) in [6, 6.07) is -0.273. The highest BCUT2D eigenvalue weighted by atomic mass is 32.2. The summed E-state index contributed by atoms with van der Waals surface area (Å²) in [5.41, 5.74) is -0.551. The van der Waals surface area contributed by atoms with Crippen LogP contribution in [0.4, 0.5) is 4.79 Å². The number of nitrogens with zero attached hydrogens (tertiary/aromatic N) is 4. The smallest absolute Gasteiger partial charge is 0.410 e. The van der Waals surface area contributed by atoms with Gasteiger partial charge in [0.25, 0.3) is 5.22 Å². The summed E-state index contributed by atoms with van der Waals surface area (Å²) in [6.07, 6.45) is 1.24. The number of carbonyl (C=O) groups excluding carboxylic acids is 2. The van der Waals surface area contributed by atoms with Crippen LogP contribution in [0.5, 0.6) is 0 Å². The number of thioether (sulfide) groups is 1. The Morgan fingerprint density at radius 1 is 1.31 bits per heavy atom. The van der Waals surface area contributed by atoms with Gasteiger partial charge in [-0.3, -0.25) is 9.69 Å². The van der Waals surface area contributed by atoms with Crippen molar-refractivity contribution in [3.8, 4) is 0 Å². The van der Waals surface area contributed by atoms with E-state index in [4.69, 9.17) is 9.15 Å². The molecule has 9 heteroatoms. The Hall–Kier alpha value is -1.77. The highest BCUT2D eigenvalue weighted by Crippen LogP contribution is 2.33. The molecule has 0 aliphatic carbocycles. The standard InChI is InChI=1S/C17H28N4O4S/c1-6-20(7-2)13(22)11-26-15-19-18-14(24-15)12-9-8-10-21(12)16(23)25-17(3,4)5/h12H,6-11H2,1-5H3/t12-/m0/s1. The molecule has 0 saturated carbocycles. The van der Waals surface area contributed by atoms with Crippen LogP contribution in [0.2, 0.25) is 0 Å². The number of hydrogen-bond acceptors (Lipinski definition) is 7. The molecule has 1 fully saturated rings. The molecule has 146 valence electrons. The SMILES string of the molecule is CCN(CC)C(=O)CSc1nnc([C@@H]2CCCN2C(=O)OC(C)(C)C)o1. The number of rotatable bonds is 6. The van der Waals surface area contributed by atoms with Gasteiger partial charge in [0.05, 0.1) is 5.75 Å². The van der Waals surface area contributed by atoms with Crippen molar-refractivity contribution in [2.45, 2.75) is 64.3 Å². The van der Waals surface area contributed by atoms with Gasteiger partial charge < -0.3 is 14.1 Å². The zero-order chi connectivity index (χ0) is 19.3. The van der Waals surface area contributed by atoms with Crippen LogP contribution in [0.25, 0.3) is 0 Å². The average Bonchev–Trinajstić information content (AvgIpc) is 3.21. The first-order valence-electron chi connectivity index (χ1n) is 8.98. The predicted molar refractivity (Wildman–Crippen MR) is 97.9 cm³/mol. The fourth-order valence-corrected chi connectivity index (χ4v) is 3.44. The van der Waals surface area contributed by atoms with Gasteiger partial charge in [-0.05, 0) is 47.5 Å². The molecule has 1 aromatic rings. The maximum Gasteiger partial charge on any atom is 0.410 e. The lowest BCUT2D eigenvalue weighted by Gasteiger charge is -2.27. The van der Waals surface area contributed by atoms with Gasteiger partial charge in [-0.25, -0.2) is 4.79 Å². The Balaban J connectivity index is 1.97. The summed E-state index contributed by atoms with van der Waals surface area (Å²) in [7, 11) is 0. The second kappa shape index (κ2) is 8.75. The van der Waals surface area contributed by atoms with Crippen LogP contribution in [0.3, 0.4) is 0 Å². The molecule has 0 aromatic carbocycles. The third-order valence-electron chi connectivity index (χ3n) is 4.02. The van der Waals surface area contributed by atoms with Crippen molar-refractivity contribution in [2.75, 3.05) is 25.4 Å². The Labute approximate surface area is 158 Å². The lowest BCUT2D eigenvalue weighted by Crippen LogP contribution is -2.36. The molecule has 2 rings (SSSR count). The van der Waals surface area contributed by atoms with Crippen LogP contribution in [0.15, 0.2) is 9.64 Å². The number of carbonyl (C=O) groups is 2. The van der Waals surface area contributed by atoms with Gasteiger partial charge in [-0.2, -0.15) is 0 Å². The van der Waals surface area contributed by atoms with Crippen LogP contribution in [0, 0.1) is 0 Å². The molecule has 0 bridgehead atoms. The molecule has 2 amide bonds. The van der Waals surface area contributed by atoms with E-state index in [1.165, 1.54) is 11.8 Å². The van der Waals surface area contributed by atoms with Crippen molar-refractivity contribution in [3.05, 3.63) is 5.89 Å². The van der Waals surface area contributed by atoms with E-state index in [2.05, 4.69) is 10.2 Å². The molecular formula is C17H28N4O4S. The Bertz CT molecular complexity index is 625. The van der Waals surface area contributed by atoms with Crippen molar-refractivity contribution in [1.29, 1.82) is 0 Å². The normalized spacial score (nSPS) is 17.4. The number of ether oxygens (including phenoxy) is 1. The van der Waals surface area contributed by atoms with Crippen molar-refractivity contribution in [2.24, 2.45) is 0 Å². The number of aromatic nitrogens is 2. The van der Waals surface area contributed by atoms with E-state index >= 15 is 0 Å². The molecule has 1 aliphatic heterocycles. The van der Waals surface area contributed by atoms with E-state index in [0.29, 0.717) is 30.7 Å². The molecule has 0 N–H and O–H groups in total. The average molecular weight is 385 g/mol. The van der Waals surface area contributed by atoms with Crippen LogP contribution >= 0.6 is 11.8 Å². The monoisotopic (exact) mass is 384 g/mol. The summed E-state index contributed by atoms with van der Waals surface area (Å²) in [4.78, 5) is 27.8. The van der Waals surface area contributed by atoms with Crippen molar-refractivity contribution in [3.63, 3.8) is 0 Å². The van der Waals surface area contributed by atoms with E-state index in [9.17, 15) is 9.59 Å². The van der Waals surface area contributed by atoms with Gasteiger partial charge in [-0.15, -0.1) is 10.2 Å². The Morgan fingerprint density at radius 2 is 2.00 bits per heavy atom. The second-order valence-electron chi connectivity index (χ2n) is 7.09. The quantitative estimate of drug-likeness (QED) is 0.696. The van der Waals surface area contributed by atoms with Gasteiger partial charge in [0.2, 0.25) is 11.8 Å². The minimum Gasteiger partial charge on any atom is -0.444 e. The summed E-state index contributed by atoms with van der Waals surface area (Å²) in [5, 5.41) is 8.43. The van der Waals surface area contributed by atoms with Crippen LogP contribution in [-0.4, -0.2) is 63.0 Å². The van der Waals surface area contributed by atoms with Crippen LogP contribution in [0.1, 0.15) is 59.4 Å². The third-order valence-corrected chi connectivity index (χ3v) is 4.83. The first-order chi connectivity index (χ1) is 12.2. The minimum absolute atomic E-state index is 0.0380. The first kappa shape index (κ1) is 20.5. The minimum atomic E-state index is -0.551. The molecule has 0 unspecified atom stereocenters. The number of amides is 2. The van der Waals surface area contributed by atoms with E-state index in [-0.39, 0.29) is 23.8 Å². The topological polar surface area (TPSA) is 88.8 Å². The second-order valence-corrected chi connectivity index (χ2v) is 8.02. The lowest BCUT2D eigenvalue weighted by atomic mass is 10.2.